The zero-order valence-electron chi connectivity index (χ0n) is 14.4. The Labute approximate surface area is 134 Å². The normalized spacial score (nSPS) is 11.4. The third-order valence-electron chi connectivity index (χ3n) is 3.05. The van der Waals surface area contributed by atoms with Gasteiger partial charge in [0.05, 0.1) is 13.2 Å². The quantitative estimate of drug-likeness (QED) is 0.413. The fourth-order valence-electron chi connectivity index (χ4n) is 1.92. The van der Waals surface area contributed by atoms with Gasteiger partial charge in [0, 0.05) is 12.8 Å². The first-order chi connectivity index (χ1) is 10.3. The van der Waals surface area contributed by atoms with Crippen LogP contribution < -0.4 is 0 Å². The van der Waals surface area contributed by atoms with E-state index in [-0.39, 0.29) is 17.8 Å². The molecule has 130 valence electrons. The topological polar surface area (TPSA) is 72.8 Å². The summed E-state index contributed by atoms with van der Waals surface area (Å²) in [7, 11) is 0. The van der Waals surface area contributed by atoms with Gasteiger partial charge >= 0.3 is 11.9 Å². The molecule has 0 aromatic rings. The summed E-state index contributed by atoms with van der Waals surface area (Å²) >= 11 is 0. The second kappa shape index (κ2) is 12.4. The van der Waals surface area contributed by atoms with E-state index in [0.29, 0.717) is 26.2 Å². The first kappa shape index (κ1) is 20.9. The fourth-order valence-corrected chi connectivity index (χ4v) is 1.92. The maximum Gasteiger partial charge on any atom is 0.305 e. The Balaban J connectivity index is 3.28. The van der Waals surface area contributed by atoms with E-state index in [1.54, 1.807) is 0 Å². The van der Waals surface area contributed by atoms with E-state index < -0.39 is 5.97 Å². The lowest BCUT2D eigenvalue weighted by Crippen LogP contribution is -2.18. The van der Waals surface area contributed by atoms with Crippen molar-refractivity contribution in [2.24, 2.45) is 5.41 Å². The van der Waals surface area contributed by atoms with Crippen molar-refractivity contribution in [3.8, 4) is 0 Å². The van der Waals surface area contributed by atoms with E-state index in [1.807, 2.05) is 0 Å². The predicted octanol–water partition coefficient (Wildman–Crippen LogP) is 3.80. The van der Waals surface area contributed by atoms with Crippen LogP contribution in [0.5, 0.6) is 0 Å². The van der Waals surface area contributed by atoms with E-state index in [2.05, 4.69) is 20.8 Å². The van der Waals surface area contributed by atoms with Crippen LogP contribution in [-0.4, -0.2) is 36.9 Å². The average Bonchev–Trinajstić information content (AvgIpc) is 2.39. The molecule has 0 aromatic heterocycles. The van der Waals surface area contributed by atoms with Gasteiger partial charge in [0.1, 0.15) is 6.61 Å². The first-order valence-corrected chi connectivity index (χ1v) is 8.26. The summed E-state index contributed by atoms with van der Waals surface area (Å²) in [5.74, 6) is -0.889. The van der Waals surface area contributed by atoms with Gasteiger partial charge in [-0.05, 0) is 18.3 Å². The highest BCUT2D eigenvalue weighted by atomic mass is 16.6. The lowest BCUT2D eigenvalue weighted by Gasteiger charge is -2.17. The smallest absolute Gasteiger partial charge is 0.305 e. The zero-order valence-corrected chi connectivity index (χ0v) is 14.4. The summed E-state index contributed by atoms with van der Waals surface area (Å²) in [6.07, 6.45) is 6.29. The third-order valence-corrected chi connectivity index (χ3v) is 3.05. The van der Waals surface area contributed by atoms with Gasteiger partial charge in [0.15, 0.2) is 0 Å². The van der Waals surface area contributed by atoms with Crippen LogP contribution in [0.15, 0.2) is 0 Å². The minimum Gasteiger partial charge on any atom is -0.481 e. The number of hydrogen-bond donors (Lipinski definition) is 1. The Morgan fingerprint density at radius 2 is 1.41 bits per heavy atom. The van der Waals surface area contributed by atoms with E-state index in [0.717, 1.165) is 38.5 Å². The van der Waals surface area contributed by atoms with Gasteiger partial charge in [-0.3, -0.25) is 9.59 Å². The number of carbonyl (C=O) groups excluding carboxylic acids is 1. The van der Waals surface area contributed by atoms with Crippen molar-refractivity contribution >= 4 is 11.9 Å². The number of hydrogen-bond acceptors (Lipinski definition) is 4. The lowest BCUT2D eigenvalue weighted by molar-refractivity contribution is -0.145. The van der Waals surface area contributed by atoms with Crippen LogP contribution in [0.3, 0.4) is 0 Å². The molecule has 0 amide bonds. The third kappa shape index (κ3) is 17.0. The Morgan fingerprint density at radius 3 is 1.95 bits per heavy atom. The number of ether oxygens (including phenoxy) is 2. The fraction of sp³-hybridized carbons (Fsp3) is 0.882. The van der Waals surface area contributed by atoms with Gasteiger partial charge in [-0.15, -0.1) is 0 Å². The summed E-state index contributed by atoms with van der Waals surface area (Å²) in [6, 6.07) is 0. The van der Waals surface area contributed by atoms with Gasteiger partial charge in [-0.1, -0.05) is 46.5 Å². The van der Waals surface area contributed by atoms with Crippen LogP contribution in [-0.2, 0) is 19.1 Å². The van der Waals surface area contributed by atoms with Crippen molar-refractivity contribution in [1.82, 2.24) is 0 Å². The molecule has 0 spiro atoms. The maximum absolute atomic E-state index is 11.5. The molecule has 5 heteroatoms. The van der Waals surface area contributed by atoms with Crippen molar-refractivity contribution in [3.63, 3.8) is 0 Å². The average molecular weight is 316 g/mol. The molecule has 0 bridgehead atoms. The highest BCUT2D eigenvalue weighted by Crippen LogP contribution is 2.12. The van der Waals surface area contributed by atoms with Crippen molar-refractivity contribution < 1.29 is 24.2 Å². The SMILES string of the molecule is CC(C)(C)COCCOC(=O)CCCCCCCCC(=O)O. The summed E-state index contributed by atoms with van der Waals surface area (Å²) in [5, 5.41) is 8.50. The number of carbonyl (C=O) groups is 2. The van der Waals surface area contributed by atoms with Gasteiger partial charge in [-0.2, -0.15) is 0 Å². The monoisotopic (exact) mass is 316 g/mol. The molecule has 5 nitrogen and oxygen atoms in total. The Kier molecular flexibility index (Phi) is 11.8. The molecule has 0 unspecified atom stereocenters. The molecule has 0 fully saturated rings. The van der Waals surface area contributed by atoms with Crippen LogP contribution in [0.4, 0.5) is 0 Å². The zero-order chi connectivity index (χ0) is 16.8. The number of esters is 1. The molecular weight excluding hydrogens is 284 g/mol. The molecule has 0 saturated carbocycles. The molecule has 0 rings (SSSR count). The number of carboxylic acids is 1. The molecule has 0 radical (unpaired) electrons. The molecular formula is C17H32O5. The van der Waals surface area contributed by atoms with Crippen LogP contribution >= 0.6 is 0 Å². The summed E-state index contributed by atoms with van der Waals surface area (Å²) in [4.78, 5) is 21.8. The lowest BCUT2D eigenvalue weighted by atomic mass is 9.99. The number of rotatable bonds is 13. The Morgan fingerprint density at radius 1 is 0.864 bits per heavy atom. The molecule has 0 aromatic carbocycles. The summed E-state index contributed by atoms with van der Waals surface area (Å²) in [5.41, 5.74) is 0.133. The molecule has 0 heterocycles. The molecule has 22 heavy (non-hydrogen) atoms. The van der Waals surface area contributed by atoms with Gasteiger partial charge in [0.25, 0.3) is 0 Å². The predicted molar refractivity (Wildman–Crippen MR) is 85.8 cm³/mol. The largest absolute Gasteiger partial charge is 0.481 e. The second-order valence-corrected chi connectivity index (χ2v) is 6.85. The van der Waals surface area contributed by atoms with Crippen molar-refractivity contribution in [2.75, 3.05) is 19.8 Å². The number of aliphatic carboxylic acids is 1. The molecule has 0 aliphatic carbocycles. The van der Waals surface area contributed by atoms with Crippen molar-refractivity contribution in [2.45, 2.75) is 72.1 Å². The molecule has 0 atom stereocenters. The van der Waals surface area contributed by atoms with Crippen molar-refractivity contribution in [3.05, 3.63) is 0 Å². The minimum absolute atomic E-state index is 0.133. The molecule has 0 aliphatic heterocycles. The molecule has 0 saturated heterocycles. The Bertz CT molecular complexity index is 307. The van der Waals surface area contributed by atoms with E-state index in [4.69, 9.17) is 14.6 Å². The minimum atomic E-state index is -0.728. The highest BCUT2D eigenvalue weighted by molar-refractivity contribution is 5.69. The van der Waals surface area contributed by atoms with Gasteiger partial charge in [0.2, 0.25) is 0 Å². The molecule has 1 N–H and O–H groups in total. The first-order valence-electron chi connectivity index (χ1n) is 8.26. The number of unbranched alkanes of at least 4 members (excludes halogenated alkanes) is 5. The summed E-state index contributed by atoms with van der Waals surface area (Å²) in [6.45, 7) is 7.73. The standard InChI is InChI=1S/C17H32O5/c1-17(2,3)14-21-12-13-22-16(20)11-9-7-5-4-6-8-10-15(18)19/h4-14H2,1-3H3,(H,18,19). The van der Waals surface area contributed by atoms with Crippen LogP contribution in [0.1, 0.15) is 72.1 Å². The van der Waals surface area contributed by atoms with Crippen LogP contribution in [0.2, 0.25) is 0 Å². The molecule has 0 aliphatic rings. The van der Waals surface area contributed by atoms with E-state index in [9.17, 15) is 9.59 Å². The maximum atomic E-state index is 11.5. The van der Waals surface area contributed by atoms with Crippen LogP contribution in [0.25, 0.3) is 0 Å². The second-order valence-electron chi connectivity index (χ2n) is 6.85. The van der Waals surface area contributed by atoms with Gasteiger partial charge in [-0.25, -0.2) is 0 Å². The summed E-state index contributed by atoms with van der Waals surface area (Å²) < 4.78 is 10.5. The highest BCUT2D eigenvalue weighted by Gasteiger charge is 2.10. The van der Waals surface area contributed by atoms with E-state index >= 15 is 0 Å². The Hall–Kier alpha value is -1.10. The number of carboxylic acid groups (broad SMARTS) is 1. The van der Waals surface area contributed by atoms with Gasteiger partial charge < -0.3 is 14.6 Å². The van der Waals surface area contributed by atoms with Crippen molar-refractivity contribution in [1.29, 1.82) is 0 Å². The van der Waals surface area contributed by atoms with Crippen LogP contribution in [0, 0.1) is 5.41 Å². The van der Waals surface area contributed by atoms with E-state index in [1.165, 1.54) is 0 Å².